The van der Waals surface area contributed by atoms with Gasteiger partial charge in [0.15, 0.2) is 11.4 Å². The van der Waals surface area contributed by atoms with Gasteiger partial charge >= 0.3 is 0 Å². The van der Waals surface area contributed by atoms with E-state index >= 15 is 0 Å². The number of hydrogen-bond acceptors (Lipinski definition) is 4. The third kappa shape index (κ3) is 1.68. The average Bonchev–Trinajstić information content (AvgIpc) is 2.71. The molecular formula is C11H6FN5. The lowest BCUT2D eigenvalue weighted by atomic mass is 10.2. The maximum absolute atomic E-state index is 13.6. The second kappa shape index (κ2) is 3.95. The Morgan fingerprint density at radius 2 is 2.06 bits per heavy atom. The molecule has 0 spiro atoms. The molecule has 0 bridgehead atoms. The van der Waals surface area contributed by atoms with Crippen molar-refractivity contribution in [2.75, 3.05) is 5.73 Å². The van der Waals surface area contributed by atoms with Gasteiger partial charge in [-0.25, -0.2) is 9.37 Å². The van der Waals surface area contributed by atoms with E-state index in [0.717, 1.165) is 6.07 Å². The fourth-order valence-electron chi connectivity index (χ4n) is 1.44. The van der Waals surface area contributed by atoms with Crippen molar-refractivity contribution in [3.63, 3.8) is 0 Å². The molecule has 0 aliphatic carbocycles. The van der Waals surface area contributed by atoms with Gasteiger partial charge < -0.3 is 5.73 Å². The molecule has 0 saturated heterocycles. The highest BCUT2D eigenvalue weighted by Crippen LogP contribution is 2.19. The highest BCUT2D eigenvalue weighted by atomic mass is 19.1. The molecule has 2 aromatic rings. The zero-order chi connectivity index (χ0) is 12.4. The van der Waals surface area contributed by atoms with Gasteiger partial charge in [0.25, 0.3) is 0 Å². The Kier molecular flexibility index (Phi) is 2.48. The quantitative estimate of drug-likeness (QED) is 0.744. The summed E-state index contributed by atoms with van der Waals surface area (Å²) in [6.07, 6.45) is 1.23. The molecule has 6 heteroatoms. The molecule has 0 radical (unpaired) electrons. The highest BCUT2D eigenvalue weighted by Gasteiger charge is 2.14. The van der Waals surface area contributed by atoms with Gasteiger partial charge in [0.1, 0.15) is 24.3 Å². The number of nitrogens with two attached hydrogens (primary N) is 1. The summed E-state index contributed by atoms with van der Waals surface area (Å²) >= 11 is 0. The Morgan fingerprint density at radius 1 is 1.29 bits per heavy atom. The summed E-state index contributed by atoms with van der Waals surface area (Å²) in [7, 11) is 0. The van der Waals surface area contributed by atoms with Crippen LogP contribution in [0.5, 0.6) is 0 Å². The smallest absolute Gasteiger partial charge is 0.177 e. The molecule has 1 heterocycles. The molecule has 0 amide bonds. The Morgan fingerprint density at radius 3 is 2.65 bits per heavy atom. The van der Waals surface area contributed by atoms with Crippen molar-refractivity contribution >= 4 is 5.69 Å². The number of halogens is 1. The lowest BCUT2D eigenvalue weighted by Crippen LogP contribution is -2.00. The number of rotatable bonds is 1. The first-order chi connectivity index (χ1) is 8.17. The number of nitriles is 2. The predicted octanol–water partition coefficient (Wildman–Crippen LogP) is 1.34. The van der Waals surface area contributed by atoms with Crippen molar-refractivity contribution in [1.82, 2.24) is 9.55 Å². The van der Waals surface area contributed by atoms with Gasteiger partial charge in [0.05, 0.1) is 5.69 Å². The summed E-state index contributed by atoms with van der Waals surface area (Å²) < 4.78 is 14.9. The van der Waals surface area contributed by atoms with Crippen molar-refractivity contribution in [1.29, 1.82) is 10.5 Å². The zero-order valence-corrected chi connectivity index (χ0v) is 8.55. The Balaban J connectivity index is 2.66. The van der Waals surface area contributed by atoms with Crippen LogP contribution in [0.3, 0.4) is 0 Å². The van der Waals surface area contributed by atoms with Gasteiger partial charge in [-0.2, -0.15) is 10.5 Å². The molecule has 17 heavy (non-hydrogen) atoms. The van der Waals surface area contributed by atoms with Crippen LogP contribution in [0.2, 0.25) is 0 Å². The number of nitrogen functional groups attached to an aromatic ring is 1. The van der Waals surface area contributed by atoms with E-state index in [4.69, 9.17) is 16.3 Å². The van der Waals surface area contributed by atoms with Crippen molar-refractivity contribution in [3.05, 3.63) is 41.7 Å². The first-order valence-corrected chi connectivity index (χ1v) is 4.60. The third-order valence-electron chi connectivity index (χ3n) is 2.21. The maximum atomic E-state index is 13.6. The fraction of sp³-hybridized carbons (Fsp3) is 0. The summed E-state index contributed by atoms with van der Waals surface area (Å²) in [5, 5.41) is 17.6. The first-order valence-electron chi connectivity index (χ1n) is 4.60. The Hall–Kier alpha value is -2.86. The van der Waals surface area contributed by atoms with Gasteiger partial charge in [-0.1, -0.05) is 0 Å². The van der Waals surface area contributed by atoms with Crippen LogP contribution in [0.15, 0.2) is 24.5 Å². The van der Waals surface area contributed by atoms with Crippen LogP contribution in [0.25, 0.3) is 5.69 Å². The summed E-state index contributed by atoms with van der Waals surface area (Å²) in [6.45, 7) is 0. The van der Waals surface area contributed by atoms with E-state index in [2.05, 4.69) is 4.98 Å². The Labute approximate surface area is 96.1 Å². The number of benzene rings is 1. The normalized spacial score (nSPS) is 9.59. The van der Waals surface area contributed by atoms with Crippen molar-refractivity contribution in [2.24, 2.45) is 0 Å². The van der Waals surface area contributed by atoms with Crippen molar-refractivity contribution in [3.8, 4) is 17.8 Å². The van der Waals surface area contributed by atoms with Crippen LogP contribution in [-0.4, -0.2) is 9.55 Å². The molecule has 5 nitrogen and oxygen atoms in total. The van der Waals surface area contributed by atoms with Gasteiger partial charge in [-0.15, -0.1) is 0 Å². The van der Waals surface area contributed by atoms with Crippen LogP contribution in [-0.2, 0) is 0 Å². The molecular weight excluding hydrogens is 221 g/mol. The summed E-state index contributed by atoms with van der Waals surface area (Å²) in [6, 6.07) is 7.65. The first kappa shape index (κ1) is 10.7. The largest absolute Gasteiger partial charge is 0.399 e. The molecule has 2 rings (SSSR count). The molecule has 82 valence electrons. The lowest BCUT2D eigenvalue weighted by molar-refractivity contribution is 0.618. The van der Waals surface area contributed by atoms with Crippen LogP contribution in [0.1, 0.15) is 11.4 Å². The second-order valence-electron chi connectivity index (χ2n) is 3.25. The standard InChI is InChI=1S/C11H6FN5/c12-8-3-7(15)1-2-10(8)17-6-16-9(4-13)11(17)5-14/h1-3,6H,15H2. The number of imidazole rings is 1. The van der Waals surface area contributed by atoms with E-state index in [-0.39, 0.29) is 22.8 Å². The SMILES string of the molecule is N#Cc1ncn(-c2ccc(N)cc2F)c1C#N. The molecule has 1 aromatic heterocycles. The van der Waals surface area contributed by atoms with Crippen LogP contribution >= 0.6 is 0 Å². The molecule has 0 atom stereocenters. The van der Waals surface area contributed by atoms with E-state index < -0.39 is 5.82 Å². The van der Waals surface area contributed by atoms with E-state index in [1.165, 1.54) is 23.0 Å². The van der Waals surface area contributed by atoms with E-state index in [1.807, 2.05) is 6.07 Å². The van der Waals surface area contributed by atoms with Crippen molar-refractivity contribution in [2.45, 2.75) is 0 Å². The lowest BCUT2D eigenvalue weighted by Gasteiger charge is -2.05. The van der Waals surface area contributed by atoms with Crippen LogP contribution in [0.4, 0.5) is 10.1 Å². The minimum Gasteiger partial charge on any atom is -0.399 e. The zero-order valence-electron chi connectivity index (χ0n) is 8.55. The summed E-state index contributed by atoms with van der Waals surface area (Å²) in [5.74, 6) is -0.580. The van der Waals surface area contributed by atoms with E-state index in [0.29, 0.717) is 0 Å². The number of aromatic nitrogens is 2. The second-order valence-corrected chi connectivity index (χ2v) is 3.25. The maximum Gasteiger partial charge on any atom is 0.177 e. The monoisotopic (exact) mass is 227 g/mol. The third-order valence-corrected chi connectivity index (χ3v) is 2.21. The average molecular weight is 227 g/mol. The van der Waals surface area contributed by atoms with E-state index in [1.54, 1.807) is 6.07 Å². The number of nitrogens with zero attached hydrogens (tertiary/aromatic N) is 4. The van der Waals surface area contributed by atoms with Gasteiger partial charge in [0, 0.05) is 5.69 Å². The fourth-order valence-corrected chi connectivity index (χ4v) is 1.44. The van der Waals surface area contributed by atoms with Gasteiger partial charge in [0.2, 0.25) is 0 Å². The molecule has 2 N–H and O–H groups in total. The number of anilines is 1. The number of hydrogen-bond donors (Lipinski definition) is 1. The van der Waals surface area contributed by atoms with Gasteiger partial charge in [-0.05, 0) is 18.2 Å². The predicted molar refractivity (Wildman–Crippen MR) is 57.4 cm³/mol. The molecule has 0 unspecified atom stereocenters. The summed E-state index contributed by atoms with van der Waals surface area (Å²) in [4.78, 5) is 3.73. The van der Waals surface area contributed by atoms with Gasteiger partial charge in [-0.3, -0.25) is 4.57 Å². The molecule has 0 aliphatic rings. The minimum atomic E-state index is -0.580. The molecule has 1 aromatic carbocycles. The summed E-state index contributed by atoms with van der Waals surface area (Å²) in [5.41, 5.74) is 5.80. The van der Waals surface area contributed by atoms with Crippen molar-refractivity contribution < 1.29 is 4.39 Å². The molecule has 0 saturated carbocycles. The highest BCUT2D eigenvalue weighted by molar-refractivity contribution is 5.50. The Bertz CT molecular complexity index is 659. The van der Waals surface area contributed by atoms with E-state index in [9.17, 15) is 4.39 Å². The topological polar surface area (TPSA) is 91.4 Å². The molecule has 0 fully saturated rings. The minimum absolute atomic E-state index is 0.00354. The van der Waals surface area contributed by atoms with Crippen LogP contribution in [0, 0.1) is 28.5 Å². The van der Waals surface area contributed by atoms with Crippen LogP contribution < -0.4 is 5.73 Å². The molecule has 0 aliphatic heterocycles.